The number of aromatic amines is 1. The second-order valence-electron chi connectivity index (χ2n) is 5.46. The fourth-order valence-electron chi connectivity index (χ4n) is 2.68. The first-order valence-corrected chi connectivity index (χ1v) is 7.77. The van der Waals surface area contributed by atoms with Crippen LogP contribution in [0.4, 0.5) is 0 Å². The van der Waals surface area contributed by atoms with Gasteiger partial charge in [-0.3, -0.25) is 4.79 Å². The van der Waals surface area contributed by atoms with Gasteiger partial charge in [0.25, 0.3) is 5.91 Å². The molecule has 0 aliphatic rings. The minimum absolute atomic E-state index is 0.0834. The number of amides is 1. The molecule has 1 amide bonds. The number of hydrogen-bond acceptors (Lipinski definition) is 3. The van der Waals surface area contributed by atoms with Crippen molar-refractivity contribution in [3.63, 3.8) is 0 Å². The van der Waals surface area contributed by atoms with E-state index in [1.165, 1.54) is 0 Å². The molecule has 0 aliphatic heterocycles. The summed E-state index contributed by atoms with van der Waals surface area (Å²) in [6.07, 6.45) is 2.53. The third kappa shape index (κ3) is 3.35. The first-order valence-electron chi connectivity index (χ1n) is 7.77. The maximum Gasteiger partial charge on any atom is 0.251 e. The standard InChI is InChI=1S/C19H20N2O3/c1-23-16-4-6-18(24-2)14(12-16)8-10-21-19(22)15-3-5-17-13(11-15)7-9-20-17/h3-7,9,11-12,20H,8,10H2,1-2H3,(H,21,22). The van der Waals surface area contributed by atoms with Crippen molar-refractivity contribution in [1.82, 2.24) is 10.3 Å². The molecule has 0 saturated heterocycles. The molecule has 3 rings (SSSR count). The number of hydrogen-bond donors (Lipinski definition) is 2. The molecule has 2 aromatic carbocycles. The van der Waals surface area contributed by atoms with Gasteiger partial charge in [0.15, 0.2) is 0 Å². The van der Waals surface area contributed by atoms with E-state index < -0.39 is 0 Å². The van der Waals surface area contributed by atoms with E-state index in [4.69, 9.17) is 9.47 Å². The summed E-state index contributed by atoms with van der Waals surface area (Å²) in [7, 11) is 3.26. The van der Waals surface area contributed by atoms with Gasteiger partial charge in [-0.25, -0.2) is 0 Å². The van der Waals surface area contributed by atoms with Gasteiger partial charge in [0.1, 0.15) is 11.5 Å². The van der Waals surface area contributed by atoms with Crippen molar-refractivity contribution < 1.29 is 14.3 Å². The Labute approximate surface area is 140 Å². The van der Waals surface area contributed by atoms with E-state index in [0.29, 0.717) is 18.5 Å². The highest BCUT2D eigenvalue weighted by atomic mass is 16.5. The predicted octanol–water partition coefficient (Wildman–Crippen LogP) is 3.16. The van der Waals surface area contributed by atoms with Crippen LogP contribution in [0, 0.1) is 0 Å². The molecule has 0 spiro atoms. The summed E-state index contributed by atoms with van der Waals surface area (Å²) in [5.41, 5.74) is 2.67. The van der Waals surface area contributed by atoms with Crippen molar-refractivity contribution in [2.24, 2.45) is 0 Å². The predicted molar refractivity (Wildman–Crippen MR) is 93.9 cm³/mol. The van der Waals surface area contributed by atoms with E-state index in [-0.39, 0.29) is 5.91 Å². The van der Waals surface area contributed by atoms with Gasteiger partial charge in [-0.1, -0.05) is 0 Å². The molecular weight excluding hydrogens is 304 g/mol. The molecule has 0 radical (unpaired) electrons. The summed E-state index contributed by atoms with van der Waals surface area (Å²) >= 11 is 0. The summed E-state index contributed by atoms with van der Waals surface area (Å²) < 4.78 is 10.6. The van der Waals surface area contributed by atoms with Gasteiger partial charge in [-0.15, -0.1) is 0 Å². The van der Waals surface area contributed by atoms with Crippen molar-refractivity contribution in [2.75, 3.05) is 20.8 Å². The van der Waals surface area contributed by atoms with Gasteiger partial charge >= 0.3 is 0 Å². The number of fused-ring (bicyclic) bond motifs is 1. The maximum atomic E-state index is 12.3. The Morgan fingerprint density at radius 3 is 2.75 bits per heavy atom. The van der Waals surface area contributed by atoms with E-state index in [1.807, 2.05) is 48.7 Å². The highest BCUT2D eigenvalue weighted by Gasteiger charge is 2.09. The van der Waals surface area contributed by atoms with Crippen LogP contribution < -0.4 is 14.8 Å². The van der Waals surface area contributed by atoms with Crippen LogP contribution >= 0.6 is 0 Å². The third-order valence-corrected chi connectivity index (χ3v) is 3.98. The number of methoxy groups -OCH3 is 2. The van der Waals surface area contributed by atoms with Crippen LogP contribution in [0.3, 0.4) is 0 Å². The lowest BCUT2D eigenvalue weighted by molar-refractivity contribution is 0.0954. The Morgan fingerprint density at radius 2 is 1.96 bits per heavy atom. The largest absolute Gasteiger partial charge is 0.497 e. The van der Waals surface area contributed by atoms with Gasteiger partial charge in [-0.2, -0.15) is 0 Å². The molecule has 5 heteroatoms. The van der Waals surface area contributed by atoms with Crippen LogP contribution in [0.25, 0.3) is 10.9 Å². The lowest BCUT2D eigenvalue weighted by atomic mass is 10.1. The number of carbonyl (C=O) groups is 1. The smallest absolute Gasteiger partial charge is 0.251 e. The zero-order chi connectivity index (χ0) is 16.9. The molecule has 0 atom stereocenters. The maximum absolute atomic E-state index is 12.3. The number of H-pyrrole nitrogens is 1. The Morgan fingerprint density at radius 1 is 1.08 bits per heavy atom. The summed E-state index contributed by atoms with van der Waals surface area (Å²) in [5, 5.41) is 3.97. The van der Waals surface area contributed by atoms with Gasteiger partial charge in [0, 0.05) is 29.2 Å². The van der Waals surface area contributed by atoms with Crippen LogP contribution in [-0.2, 0) is 6.42 Å². The Bertz CT molecular complexity index is 855. The number of benzene rings is 2. The lowest BCUT2D eigenvalue weighted by Gasteiger charge is -2.11. The van der Waals surface area contributed by atoms with Gasteiger partial charge in [-0.05, 0) is 54.4 Å². The molecule has 1 heterocycles. The summed E-state index contributed by atoms with van der Waals surface area (Å²) in [6.45, 7) is 0.521. The van der Waals surface area contributed by atoms with Crippen LogP contribution in [0.5, 0.6) is 11.5 Å². The molecular formula is C19H20N2O3. The fourth-order valence-corrected chi connectivity index (χ4v) is 2.68. The summed E-state index contributed by atoms with van der Waals surface area (Å²) in [5.74, 6) is 1.48. The number of rotatable bonds is 6. The molecule has 0 fully saturated rings. The number of nitrogens with one attached hydrogen (secondary N) is 2. The zero-order valence-corrected chi connectivity index (χ0v) is 13.8. The number of carbonyl (C=O) groups excluding carboxylic acids is 1. The minimum Gasteiger partial charge on any atom is -0.497 e. The highest BCUT2D eigenvalue weighted by molar-refractivity contribution is 5.98. The van der Waals surface area contributed by atoms with Crippen molar-refractivity contribution in [3.8, 4) is 11.5 Å². The van der Waals surface area contributed by atoms with Gasteiger partial charge in [0.05, 0.1) is 14.2 Å². The van der Waals surface area contributed by atoms with Crippen molar-refractivity contribution in [3.05, 3.63) is 59.8 Å². The zero-order valence-electron chi connectivity index (χ0n) is 13.8. The molecule has 2 N–H and O–H groups in total. The van der Waals surface area contributed by atoms with E-state index in [1.54, 1.807) is 14.2 Å². The molecule has 1 aromatic heterocycles. The fraction of sp³-hybridized carbons (Fsp3) is 0.211. The molecule has 124 valence electrons. The second-order valence-corrected chi connectivity index (χ2v) is 5.46. The number of aromatic nitrogens is 1. The topological polar surface area (TPSA) is 63.4 Å². The number of ether oxygens (including phenoxy) is 2. The van der Waals surface area contributed by atoms with Crippen LogP contribution in [0.15, 0.2) is 48.7 Å². The molecule has 0 saturated carbocycles. The molecule has 0 aliphatic carbocycles. The van der Waals surface area contributed by atoms with E-state index in [9.17, 15) is 4.79 Å². The monoisotopic (exact) mass is 324 g/mol. The third-order valence-electron chi connectivity index (χ3n) is 3.98. The Kier molecular flexibility index (Phi) is 4.70. The quantitative estimate of drug-likeness (QED) is 0.732. The Hall–Kier alpha value is -2.95. The van der Waals surface area contributed by atoms with E-state index in [0.717, 1.165) is 28.0 Å². The molecule has 5 nitrogen and oxygen atoms in total. The Balaban J connectivity index is 1.64. The van der Waals surface area contributed by atoms with Crippen molar-refractivity contribution in [1.29, 1.82) is 0 Å². The lowest BCUT2D eigenvalue weighted by Crippen LogP contribution is -2.25. The normalized spacial score (nSPS) is 10.6. The van der Waals surface area contributed by atoms with Crippen molar-refractivity contribution >= 4 is 16.8 Å². The minimum atomic E-state index is -0.0834. The molecule has 0 bridgehead atoms. The first-order chi connectivity index (χ1) is 11.7. The van der Waals surface area contributed by atoms with Gasteiger partial charge in [0.2, 0.25) is 0 Å². The average Bonchev–Trinajstić information content (AvgIpc) is 3.09. The van der Waals surface area contributed by atoms with Crippen LogP contribution in [0.1, 0.15) is 15.9 Å². The van der Waals surface area contributed by atoms with Gasteiger partial charge < -0.3 is 19.8 Å². The molecule has 3 aromatic rings. The summed E-state index contributed by atoms with van der Waals surface area (Å²) in [4.78, 5) is 15.4. The summed E-state index contributed by atoms with van der Waals surface area (Å²) in [6, 6.07) is 13.2. The van der Waals surface area contributed by atoms with E-state index in [2.05, 4.69) is 10.3 Å². The SMILES string of the molecule is COc1ccc(OC)c(CCNC(=O)c2ccc3[nH]ccc3c2)c1. The van der Waals surface area contributed by atoms with Crippen LogP contribution in [0.2, 0.25) is 0 Å². The average molecular weight is 324 g/mol. The molecule has 24 heavy (non-hydrogen) atoms. The molecule has 0 unspecified atom stereocenters. The van der Waals surface area contributed by atoms with Crippen LogP contribution in [-0.4, -0.2) is 31.7 Å². The second kappa shape index (κ2) is 7.08. The van der Waals surface area contributed by atoms with Crippen molar-refractivity contribution in [2.45, 2.75) is 6.42 Å². The van der Waals surface area contributed by atoms with E-state index >= 15 is 0 Å². The first kappa shape index (κ1) is 15.9. The highest BCUT2D eigenvalue weighted by Crippen LogP contribution is 2.24.